The highest BCUT2D eigenvalue weighted by Gasteiger charge is 2.33. The van der Waals surface area contributed by atoms with Gasteiger partial charge in [-0.1, -0.05) is 0 Å². The number of ether oxygens (including phenoxy) is 1. The van der Waals surface area contributed by atoms with Crippen molar-refractivity contribution in [2.24, 2.45) is 0 Å². The minimum Gasteiger partial charge on any atom is -0.374 e. The van der Waals surface area contributed by atoms with Gasteiger partial charge in [0.2, 0.25) is 0 Å². The van der Waals surface area contributed by atoms with Gasteiger partial charge in [-0.05, 0) is 12.1 Å². The molecule has 1 fully saturated rings. The van der Waals surface area contributed by atoms with E-state index in [4.69, 9.17) is 10.00 Å². The minimum absolute atomic E-state index is 0.0153. The maximum Gasteiger partial charge on any atom is 0.433 e. The Labute approximate surface area is 120 Å². The van der Waals surface area contributed by atoms with Gasteiger partial charge in [0.25, 0.3) is 0 Å². The standard InChI is InChI=1S/C13H15F3N4O/c1-20(8-10-7-18-4-5-21-10)12-9(6-17)2-3-11(19-12)13(14,15)16/h2-3,10,18H,4-5,7-8H2,1H3. The lowest BCUT2D eigenvalue weighted by molar-refractivity contribution is -0.141. The van der Waals surface area contributed by atoms with Crippen LogP contribution in [0.25, 0.3) is 0 Å². The summed E-state index contributed by atoms with van der Waals surface area (Å²) in [5.74, 6) is 0.0153. The van der Waals surface area contributed by atoms with Crippen LogP contribution in [-0.4, -0.2) is 44.4 Å². The van der Waals surface area contributed by atoms with Crippen LogP contribution in [0.4, 0.5) is 19.0 Å². The van der Waals surface area contributed by atoms with Crippen LogP contribution in [0.5, 0.6) is 0 Å². The lowest BCUT2D eigenvalue weighted by atomic mass is 10.2. The highest BCUT2D eigenvalue weighted by molar-refractivity contribution is 5.54. The first-order valence-electron chi connectivity index (χ1n) is 6.43. The summed E-state index contributed by atoms with van der Waals surface area (Å²) in [7, 11) is 1.60. The summed E-state index contributed by atoms with van der Waals surface area (Å²) in [6.45, 7) is 2.28. The summed E-state index contributed by atoms with van der Waals surface area (Å²) in [5, 5.41) is 12.2. The Morgan fingerprint density at radius 2 is 2.29 bits per heavy atom. The normalized spacial score (nSPS) is 19.1. The molecule has 1 atom stereocenters. The van der Waals surface area contributed by atoms with Crippen molar-refractivity contribution >= 4 is 5.82 Å². The van der Waals surface area contributed by atoms with Crippen LogP contribution < -0.4 is 10.2 Å². The third-order valence-corrected chi connectivity index (χ3v) is 3.13. The van der Waals surface area contributed by atoms with Gasteiger partial charge >= 0.3 is 6.18 Å². The van der Waals surface area contributed by atoms with E-state index in [1.807, 2.05) is 6.07 Å². The second-order valence-corrected chi connectivity index (χ2v) is 4.75. The molecule has 1 aliphatic heterocycles. The van der Waals surface area contributed by atoms with Crippen LogP contribution >= 0.6 is 0 Å². The van der Waals surface area contributed by atoms with Crippen molar-refractivity contribution in [2.45, 2.75) is 12.3 Å². The van der Waals surface area contributed by atoms with Gasteiger partial charge in [-0.2, -0.15) is 18.4 Å². The highest BCUT2D eigenvalue weighted by Crippen LogP contribution is 2.30. The molecule has 1 unspecified atom stereocenters. The van der Waals surface area contributed by atoms with Crippen molar-refractivity contribution < 1.29 is 17.9 Å². The van der Waals surface area contributed by atoms with Gasteiger partial charge in [-0.3, -0.25) is 0 Å². The zero-order valence-corrected chi connectivity index (χ0v) is 11.4. The van der Waals surface area contributed by atoms with Crippen molar-refractivity contribution in [2.75, 3.05) is 38.2 Å². The van der Waals surface area contributed by atoms with Gasteiger partial charge in [0, 0.05) is 26.7 Å². The Hall–Kier alpha value is -1.85. The SMILES string of the molecule is CN(CC1CNCCO1)c1nc(C(F)(F)F)ccc1C#N. The molecule has 0 aromatic carbocycles. The molecule has 21 heavy (non-hydrogen) atoms. The van der Waals surface area contributed by atoms with Crippen LogP contribution in [0.15, 0.2) is 12.1 Å². The maximum atomic E-state index is 12.7. The number of morpholine rings is 1. The summed E-state index contributed by atoms with van der Waals surface area (Å²) in [5.41, 5.74) is -0.902. The van der Waals surface area contributed by atoms with Crippen LogP contribution in [-0.2, 0) is 10.9 Å². The third-order valence-electron chi connectivity index (χ3n) is 3.13. The van der Waals surface area contributed by atoms with Crippen LogP contribution in [0.1, 0.15) is 11.3 Å². The second kappa shape index (κ2) is 6.28. The van der Waals surface area contributed by atoms with E-state index in [0.717, 1.165) is 18.7 Å². The lowest BCUT2D eigenvalue weighted by Gasteiger charge is -2.29. The quantitative estimate of drug-likeness (QED) is 0.914. The van der Waals surface area contributed by atoms with E-state index in [9.17, 15) is 13.2 Å². The second-order valence-electron chi connectivity index (χ2n) is 4.75. The van der Waals surface area contributed by atoms with Gasteiger partial charge in [0.1, 0.15) is 17.6 Å². The molecular formula is C13H15F3N4O. The predicted molar refractivity (Wildman–Crippen MR) is 69.8 cm³/mol. The van der Waals surface area contributed by atoms with Gasteiger partial charge in [0.05, 0.1) is 18.3 Å². The fourth-order valence-electron chi connectivity index (χ4n) is 2.11. The Balaban J connectivity index is 2.21. The molecular weight excluding hydrogens is 285 g/mol. The average molecular weight is 300 g/mol. The molecule has 0 saturated carbocycles. The van der Waals surface area contributed by atoms with Crippen LogP contribution in [0.2, 0.25) is 0 Å². The van der Waals surface area contributed by atoms with Crippen LogP contribution in [0, 0.1) is 11.3 Å². The minimum atomic E-state index is -4.54. The summed E-state index contributed by atoms with van der Waals surface area (Å²) >= 11 is 0. The molecule has 2 rings (SSSR count). The van der Waals surface area contributed by atoms with Crippen molar-refractivity contribution in [1.82, 2.24) is 10.3 Å². The average Bonchev–Trinajstić information content (AvgIpc) is 2.46. The molecule has 1 saturated heterocycles. The van der Waals surface area contributed by atoms with Crippen LogP contribution in [0.3, 0.4) is 0 Å². The summed E-state index contributed by atoms with van der Waals surface area (Å²) in [6.07, 6.45) is -4.68. The molecule has 5 nitrogen and oxygen atoms in total. The molecule has 1 aromatic heterocycles. The number of alkyl halides is 3. The highest BCUT2D eigenvalue weighted by atomic mass is 19.4. The number of pyridine rings is 1. The molecule has 1 aromatic rings. The molecule has 0 bridgehead atoms. The third kappa shape index (κ3) is 3.83. The number of hydrogen-bond donors (Lipinski definition) is 1. The maximum absolute atomic E-state index is 12.7. The van der Waals surface area contributed by atoms with Gasteiger partial charge in [-0.15, -0.1) is 0 Å². The van der Waals surface area contributed by atoms with Gasteiger partial charge in [0.15, 0.2) is 0 Å². The summed E-state index contributed by atoms with van der Waals surface area (Å²) in [6, 6.07) is 3.82. The molecule has 0 radical (unpaired) electrons. The smallest absolute Gasteiger partial charge is 0.374 e. The molecule has 1 N–H and O–H groups in total. The van der Waals surface area contributed by atoms with Gasteiger partial charge < -0.3 is 15.0 Å². The molecule has 8 heteroatoms. The topological polar surface area (TPSA) is 61.2 Å². The van der Waals surface area contributed by atoms with Crippen molar-refractivity contribution in [3.8, 4) is 6.07 Å². The number of anilines is 1. The van der Waals surface area contributed by atoms with E-state index in [2.05, 4.69) is 10.3 Å². The van der Waals surface area contributed by atoms with Gasteiger partial charge in [-0.25, -0.2) is 4.98 Å². The summed E-state index contributed by atoms with van der Waals surface area (Å²) in [4.78, 5) is 5.10. The fourth-order valence-corrected chi connectivity index (χ4v) is 2.11. The Morgan fingerprint density at radius 1 is 1.52 bits per heavy atom. The number of rotatable bonds is 3. The van der Waals surface area contributed by atoms with E-state index in [0.29, 0.717) is 19.7 Å². The molecule has 0 aliphatic carbocycles. The molecule has 0 amide bonds. The first-order chi connectivity index (χ1) is 9.91. The predicted octanol–water partition coefficient (Wildman–Crippen LogP) is 1.40. The Bertz CT molecular complexity index is 535. The first-order valence-corrected chi connectivity index (χ1v) is 6.43. The van der Waals surface area contributed by atoms with E-state index in [-0.39, 0.29) is 17.5 Å². The molecule has 0 spiro atoms. The number of nitriles is 1. The lowest BCUT2D eigenvalue weighted by Crippen LogP contribution is -2.44. The fraction of sp³-hybridized carbons (Fsp3) is 0.538. The number of halogens is 3. The molecule has 1 aliphatic rings. The Kier molecular flexibility index (Phi) is 4.65. The molecule has 2 heterocycles. The zero-order valence-electron chi connectivity index (χ0n) is 11.4. The number of likely N-dealkylation sites (N-methyl/N-ethyl adjacent to an activating group) is 1. The monoisotopic (exact) mass is 300 g/mol. The van der Waals surface area contributed by atoms with E-state index in [1.54, 1.807) is 7.05 Å². The van der Waals surface area contributed by atoms with Crippen molar-refractivity contribution in [3.05, 3.63) is 23.4 Å². The number of aromatic nitrogens is 1. The van der Waals surface area contributed by atoms with E-state index < -0.39 is 11.9 Å². The number of hydrogen-bond acceptors (Lipinski definition) is 5. The summed E-state index contributed by atoms with van der Waals surface area (Å²) < 4.78 is 43.7. The Morgan fingerprint density at radius 3 is 2.86 bits per heavy atom. The van der Waals surface area contributed by atoms with Crippen molar-refractivity contribution in [3.63, 3.8) is 0 Å². The van der Waals surface area contributed by atoms with Crippen molar-refractivity contribution in [1.29, 1.82) is 5.26 Å². The molecule has 114 valence electrons. The number of nitrogens with zero attached hydrogens (tertiary/aromatic N) is 3. The first kappa shape index (κ1) is 15.5. The van der Waals surface area contributed by atoms with E-state index >= 15 is 0 Å². The zero-order chi connectivity index (χ0) is 15.5. The largest absolute Gasteiger partial charge is 0.433 e. The van der Waals surface area contributed by atoms with E-state index in [1.165, 1.54) is 4.90 Å². The number of nitrogens with one attached hydrogen (secondary N) is 1.